The summed E-state index contributed by atoms with van der Waals surface area (Å²) in [5.41, 5.74) is 1.05. The van der Waals surface area contributed by atoms with E-state index in [0.717, 1.165) is 31.4 Å². The second-order valence-electron chi connectivity index (χ2n) is 4.04. The minimum Gasteiger partial charge on any atom is -0.393 e. The standard InChI is InChI=1S/C10H15NO2/c12-9-3-1-2-7-4-8(5-9)11-6-10(7)13/h7,9,12H,1-6H2. The molecule has 2 atom stereocenters. The smallest absolute Gasteiger partial charge is 0.157 e. The zero-order valence-electron chi connectivity index (χ0n) is 7.70. The number of aliphatic imine (C=N–C) groups is 1. The molecule has 13 heavy (non-hydrogen) atoms. The van der Waals surface area contributed by atoms with Gasteiger partial charge in [-0.3, -0.25) is 9.79 Å². The molecule has 2 bridgehead atoms. The van der Waals surface area contributed by atoms with Crippen molar-refractivity contribution in [3.05, 3.63) is 0 Å². The van der Waals surface area contributed by atoms with Crippen LogP contribution in [0.15, 0.2) is 4.99 Å². The van der Waals surface area contributed by atoms with E-state index in [4.69, 9.17) is 0 Å². The van der Waals surface area contributed by atoms with Gasteiger partial charge in [0.25, 0.3) is 0 Å². The molecule has 1 fully saturated rings. The predicted molar refractivity (Wildman–Crippen MR) is 49.9 cm³/mol. The van der Waals surface area contributed by atoms with Crippen molar-refractivity contribution in [2.45, 2.75) is 38.2 Å². The fraction of sp³-hybridized carbons (Fsp3) is 0.800. The highest BCUT2D eigenvalue weighted by atomic mass is 16.3. The van der Waals surface area contributed by atoms with Crippen molar-refractivity contribution in [3.63, 3.8) is 0 Å². The van der Waals surface area contributed by atoms with Gasteiger partial charge in [-0.05, 0) is 19.3 Å². The Labute approximate surface area is 77.9 Å². The Morgan fingerprint density at radius 2 is 2.15 bits per heavy atom. The monoisotopic (exact) mass is 181 g/mol. The van der Waals surface area contributed by atoms with Crippen molar-refractivity contribution >= 4 is 11.5 Å². The fourth-order valence-electron chi connectivity index (χ4n) is 2.17. The van der Waals surface area contributed by atoms with Crippen LogP contribution in [0.25, 0.3) is 0 Å². The lowest BCUT2D eigenvalue weighted by molar-refractivity contribution is -0.122. The van der Waals surface area contributed by atoms with Gasteiger partial charge >= 0.3 is 0 Å². The molecule has 3 nitrogen and oxygen atoms in total. The van der Waals surface area contributed by atoms with Crippen molar-refractivity contribution in [1.29, 1.82) is 0 Å². The lowest BCUT2D eigenvalue weighted by Crippen LogP contribution is -2.30. The van der Waals surface area contributed by atoms with Crippen molar-refractivity contribution in [1.82, 2.24) is 0 Å². The van der Waals surface area contributed by atoms with Gasteiger partial charge in [0, 0.05) is 18.1 Å². The topological polar surface area (TPSA) is 49.7 Å². The lowest BCUT2D eigenvalue weighted by atomic mass is 9.84. The highest BCUT2D eigenvalue weighted by Crippen LogP contribution is 2.24. The van der Waals surface area contributed by atoms with Gasteiger partial charge in [-0.2, -0.15) is 0 Å². The van der Waals surface area contributed by atoms with Crippen LogP contribution >= 0.6 is 0 Å². The Bertz CT molecular complexity index is 247. The van der Waals surface area contributed by atoms with Gasteiger partial charge in [-0.25, -0.2) is 0 Å². The number of carbonyl (C=O) groups is 1. The molecule has 2 aliphatic rings. The van der Waals surface area contributed by atoms with Crippen LogP contribution in [0.4, 0.5) is 0 Å². The molecule has 72 valence electrons. The second kappa shape index (κ2) is 3.58. The first kappa shape index (κ1) is 8.88. The Balaban J connectivity index is 2.12. The van der Waals surface area contributed by atoms with E-state index in [-0.39, 0.29) is 12.0 Å². The van der Waals surface area contributed by atoms with E-state index in [1.165, 1.54) is 0 Å². The van der Waals surface area contributed by atoms with Crippen molar-refractivity contribution < 1.29 is 9.90 Å². The van der Waals surface area contributed by atoms with Crippen LogP contribution in [-0.2, 0) is 4.79 Å². The first-order valence-electron chi connectivity index (χ1n) is 4.98. The van der Waals surface area contributed by atoms with Crippen molar-refractivity contribution in [2.75, 3.05) is 6.54 Å². The first-order chi connectivity index (χ1) is 6.25. The van der Waals surface area contributed by atoms with Gasteiger partial charge < -0.3 is 5.11 Å². The van der Waals surface area contributed by atoms with Gasteiger partial charge in [0.2, 0.25) is 0 Å². The molecule has 0 radical (unpaired) electrons. The summed E-state index contributed by atoms with van der Waals surface area (Å²) in [6.45, 7) is 0.354. The molecule has 1 saturated carbocycles. The van der Waals surface area contributed by atoms with Gasteiger partial charge in [-0.1, -0.05) is 6.42 Å². The van der Waals surface area contributed by atoms with Crippen molar-refractivity contribution in [2.24, 2.45) is 10.9 Å². The summed E-state index contributed by atoms with van der Waals surface area (Å²) in [5, 5.41) is 9.53. The van der Waals surface area contributed by atoms with Gasteiger partial charge in [0.1, 0.15) is 0 Å². The maximum absolute atomic E-state index is 11.4. The molecule has 0 aromatic rings. The van der Waals surface area contributed by atoms with E-state index in [2.05, 4.69) is 4.99 Å². The Morgan fingerprint density at radius 1 is 1.31 bits per heavy atom. The minimum absolute atomic E-state index is 0.208. The molecule has 1 aliphatic carbocycles. The molecule has 0 spiro atoms. The number of carbonyl (C=O) groups excluding carboxylic acids is 1. The van der Waals surface area contributed by atoms with Crippen LogP contribution in [0, 0.1) is 5.92 Å². The number of hydrogen-bond acceptors (Lipinski definition) is 3. The van der Waals surface area contributed by atoms with Crippen LogP contribution in [0.1, 0.15) is 32.1 Å². The molecule has 0 saturated heterocycles. The van der Waals surface area contributed by atoms with E-state index >= 15 is 0 Å². The average molecular weight is 181 g/mol. The minimum atomic E-state index is -0.229. The number of hydrogen-bond donors (Lipinski definition) is 1. The van der Waals surface area contributed by atoms with Crippen LogP contribution in [0.2, 0.25) is 0 Å². The summed E-state index contributed by atoms with van der Waals surface area (Å²) >= 11 is 0. The SMILES string of the molecule is O=C1CN=C2CC(O)CCCC1C2. The summed E-state index contributed by atoms with van der Waals surface area (Å²) in [7, 11) is 0. The number of fused-ring (bicyclic) bond motifs is 2. The van der Waals surface area contributed by atoms with Crippen LogP contribution < -0.4 is 0 Å². The number of ketones is 1. The molecule has 0 amide bonds. The molecule has 0 aromatic heterocycles. The third-order valence-corrected chi connectivity index (χ3v) is 2.96. The normalized spacial score (nSPS) is 34.8. The zero-order valence-corrected chi connectivity index (χ0v) is 7.70. The van der Waals surface area contributed by atoms with E-state index < -0.39 is 0 Å². The molecular formula is C10H15NO2. The first-order valence-corrected chi connectivity index (χ1v) is 4.98. The molecule has 3 heteroatoms. The van der Waals surface area contributed by atoms with E-state index in [1.807, 2.05) is 0 Å². The van der Waals surface area contributed by atoms with E-state index in [9.17, 15) is 9.90 Å². The number of aliphatic hydroxyl groups excluding tert-OH is 1. The number of rotatable bonds is 0. The number of aliphatic hydroxyl groups is 1. The summed E-state index contributed by atoms with van der Waals surface area (Å²) in [4.78, 5) is 15.6. The number of Topliss-reactive ketones (excluding diaryl/α,β-unsaturated/α-hetero) is 1. The third kappa shape index (κ3) is 1.97. The highest BCUT2D eigenvalue weighted by molar-refractivity contribution is 5.96. The second-order valence-corrected chi connectivity index (χ2v) is 4.04. The fourth-order valence-corrected chi connectivity index (χ4v) is 2.17. The summed E-state index contributed by atoms with van der Waals surface area (Å²) < 4.78 is 0. The van der Waals surface area contributed by atoms with Gasteiger partial charge in [-0.15, -0.1) is 0 Å². The number of nitrogens with zero attached hydrogens (tertiary/aromatic N) is 1. The van der Waals surface area contributed by atoms with Crippen LogP contribution in [0.5, 0.6) is 0 Å². The van der Waals surface area contributed by atoms with Crippen LogP contribution in [-0.4, -0.2) is 29.3 Å². The molecule has 2 rings (SSSR count). The summed E-state index contributed by atoms with van der Waals surface area (Å²) in [6, 6.07) is 0. The molecule has 1 N–H and O–H groups in total. The van der Waals surface area contributed by atoms with Crippen molar-refractivity contribution in [3.8, 4) is 0 Å². The molecule has 0 aromatic carbocycles. The zero-order chi connectivity index (χ0) is 9.26. The average Bonchev–Trinajstić information content (AvgIpc) is 2.07. The maximum Gasteiger partial charge on any atom is 0.157 e. The summed E-state index contributed by atoms with van der Waals surface area (Å²) in [6.07, 6.45) is 4.00. The third-order valence-electron chi connectivity index (χ3n) is 2.96. The van der Waals surface area contributed by atoms with Gasteiger partial charge in [0.05, 0.1) is 12.6 Å². The highest BCUT2D eigenvalue weighted by Gasteiger charge is 2.27. The Kier molecular flexibility index (Phi) is 2.44. The van der Waals surface area contributed by atoms with E-state index in [0.29, 0.717) is 18.7 Å². The Morgan fingerprint density at radius 3 is 3.00 bits per heavy atom. The Hall–Kier alpha value is -0.700. The molecule has 1 heterocycles. The van der Waals surface area contributed by atoms with Crippen LogP contribution in [0.3, 0.4) is 0 Å². The molecular weight excluding hydrogens is 166 g/mol. The lowest BCUT2D eigenvalue weighted by Gasteiger charge is -2.25. The largest absolute Gasteiger partial charge is 0.393 e. The van der Waals surface area contributed by atoms with Gasteiger partial charge in [0.15, 0.2) is 5.78 Å². The quantitative estimate of drug-likeness (QED) is 0.605. The molecule has 1 aliphatic heterocycles. The molecule has 2 unspecified atom stereocenters. The summed E-state index contributed by atoms with van der Waals surface area (Å²) in [5.74, 6) is 0.500. The maximum atomic E-state index is 11.4. The van der Waals surface area contributed by atoms with E-state index in [1.54, 1.807) is 0 Å². The predicted octanol–water partition coefficient (Wildman–Crippen LogP) is 0.951.